The molecule has 5 rings (SSSR count). The molecule has 3 unspecified atom stereocenters. The zero-order chi connectivity index (χ0) is 13.3. The molecule has 1 aromatic carbocycles. The van der Waals surface area contributed by atoms with Crippen molar-refractivity contribution in [3.05, 3.63) is 34.3 Å². The Morgan fingerprint density at radius 2 is 1.89 bits per heavy atom. The normalized spacial score (nSPS) is 47.6. The number of nitrogens with zero attached hydrogens (tertiary/aromatic N) is 2. The minimum absolute atomic E-state index is 0.104. The van der Waals surface area contributed by atoms with Crippen molar-refractivity contribution in [3.8, 4) is 0 Å². The average Bonchev–Trinajstić information content (AvgIpc) is 2.34. The molecule has 102 valence electrons. The molecule has 2 N–H and O–H groups in total. The zero-order valence-corrected chi connectivity index (χ0v) is 12.9. The molecule has 1 aromatic rings. The van der Waals surface area contributed by atoms with Crippen LogP contribution < -0.4 is 5.73 Å². The molecule has 4 heterocycles. The Kier molecular flexibility index (Phi) is 2.48. The summed E-state index contributed by atoms with van der Waals surface area (Å²) < 4.78 is 1.16. The molecule has 4 fully saturated rings. The first-order valence-corrected chi connectivity index (χ1v) is 7.78. The molecule has 4 heteroatoms. The topological polar surface area (TPSA) is 32.5 Å². The molecule has 19 heavy (non-hydrogen) atoms. The van der Waals surface area contributed by atoms with E-state index in [9.17, 15) is 0 Å². The van der Waals surface area contributed by atoms with Crippen LogP contribution in [0, 0.1) is 5.41 Å². The Morgan fingerprint density at radius 1 is 1.21 bits per heavy atom. The van der Waals surface area contributed by atoms with Crippen LogP contribution in [0.15, 0.2) is 28.7 Å². The number of hydrogen-bond acceptors (Lipinski definition) is 3. The molecule has 4 aliphatic rings. The van der Waals surface area contributed by atoms with Crippen LogP contribution in [0.3, 0.4) is 0 Å². The highest BCUT2D eigenvalue weighted by Gasteiger charge is 2.60. The van der Waals surface area contributed by atoms with Crippen LogP contribution >= 0.6 is 15.9 Å². The van der Waals surface area contributed by atoms with Gasteiger partial charge < -0.3 is 5.73 Å². The van der Waals surface area contributed by atoms with Crippen LogP contribution in [0.25, 0.3) is 0 Å². The van der Waals surface area contributed by atoms with Crippen molar-refractivity contribution >= 4 is 15.9 Å². The van der Waals surface area contributed by atoms with E-state index in [1.165, 1.54) is 5.56 Å². The molecule has 0 amide bonds. The molecule has 0 radical (unpaired) electrons. The van der Waals surface area contributed by atoms with Crippen LogP contribution in [-0.4, -0.2) is 48.7 Å². The van der Waals surface area contributed by atoms with Crippen molar-refractivity contribution in [1.29, 1.82) is 0 Å². The molecule has 4 aliphatic heterocycles. The fourth-order valence-electron chi connectivity index (χ4n) is 4.74. The van der Waals surface area contributed by atoms with Crippen LogP contribution in [0.2, 0.25) is 0 Å². The summed E-state index contributed by atoms with van der Waals surface area (Å²) in [4.78, 5) is 5.16. The maximum Gasteiger partial charge on any atom is 0.0507 e. The van der Waals surface area contributed by atoms with Crippen molar-refractivity contribution in [2.45, 2.75) is 18.4 Å². The van der Waals surface area contributed by atoms with Gasteiger partial charge in [0.25, 0.3) is 0 Å². The van der Waals surface area contributed by atoms with Gasteiger partial charge in [-0.3, -0.25) is 9.80 Å². The van der Waals surface area contributed by atoms with E-state index < -0.39 is 0 Å². The van der Waals surface area contributed by atoms with Gasteiger partial charge in [-0.25, -0.2) is 0 Å². The second kappa shape index (κ2) is 3.82. The lowest BCUT2D eigenvalue weighted by atomic mass is 9.57. The minimum Gasteiger partial charge on any atom is -0.326 e. The molecule has 0 spiro atoms. The van der Waals surface area contributed by atoms with Gasteiger partial charge in [0, 0.05) is 47.5 Å². The van der Waals surface area contributed by atoms with Gasteiger partial charge in [0.2, 0.25) is 0 Å². The summed E-state index contributed by atoms with van der Waals surface area (Å²) in [7, 11) is 0. The van der Waals surface area contributed by atoms with Gasteiger partial charge in [0.15, 0.2) is 0 Å². The lowest BCUT2D eigenvalue weighted by Gasteiger charge is -2.67. The number of hydrogen-bond donors (Lipinski definition) is 1. The SMILES string of the molecule is CC12CN3CN(C1)CC(c1cccc(Br)c1)(C3)C2N. The van der Waals surface area contributed by atoms with Gasteiger partial charge in [-0.2, -0.15) is 0 Å². The molecule has 0 aliphatic carbocycles. The molecule has 3 atom stereocenters. The van der Waals surface area contributed by atoms with Crippen LogP contribution in [-0.2, 0) is 5.41 Å². The third kappa shape index (κ3) is 1.60. The van der Waals surface area contributed by atoms with E-state index in [1.807, 2.05) is 0 Å². The van der Waals surface area contributed by atoms with Gasteiger partial charge in [-0.1, -0.05) is 35.0 Å². The number of piperidine rings is 2. The lowest BCUT2D eigenvalue weighted by molar-refractivity contribution is -0.142. The van der Waals surface area contributed by atoms with E-state index in [0.717, 1.165) is 37.3 Å². The van der Waals surface area contributed by atoms with E-state index in [-0.39, 0.29) is 16.9 Å². The van der Waals surface area contributed by atoms with Crippen LogP contribution in [0.1, 0.15) is 12.5 Å². The third-order valence-electron chi connectivity index (χ3n) is 5.33. The predicted octanol–water partition coefficient (Wildman–Crippen LogP) is 1.62. The predicted molar refractivity (Wildman–Crippen MR) is 79.9 cm³/mol. The first-order chi connectivity index (χ1) is 9.02. The molecule has 0 aromatic heterocycles. The Bertz CT molecular complexity index is 516. The zero-order valence-electron chi connectivity index (χ0n) is 11.3. The second-order valence-corrected chi connectivity index (χ2v) is 7.83. The standard InChI is InChI=1S/C15H20BrN3/c1-14-6-18-8-15(13(14)17,9-19(7-14)10-18)11-3-2-4-12(16)5-11/h2-5,13H,6-10,17H2,1H3. The van der Waals surface area contributed by atoms with Crippen molar-refractivity contribution < 1.29 is 0 Å². The number of halogens is 1. The van der Waals surface area contributed by atoms with Crippen molar-refractivity contribution in [1.82, 2.24) is 9.80 Å². The third-order valence-corrected chi connectivity index (χ3v) is 5.82. The largest absolute Gasteiger partial charge is 0.326 e. The average molecular weight is 322 g/mol. The first-order valence-electron chi connectivity index (χ1n) is 6.98. The second-order valence-electron chi connectivity index (χ2n) is 6.91. The number of benzene rings is 1. The maximum absolute atomic E-state index is 6.75. The molecule has 4 bridgehead atoms. The van der Waals surface area contributed by atoms with Gasteiger partial charge >= 0.3 is 0 Å². The first kappa shape index (κ1) is 12.3. The summed E-state index contributed by atoms with van der Waals surface area (Å²) >= 11 is 3.61. The minimum atomic E-state index is 0.104. The molecule has 4 saturated heterocycles. The van der Waals surface area contributed by atoms with E-state index in [2.05, 4.69) is 56.9 Å². The number of rotatable bonds is 1. The van der Waals surface area contributed by atoms with Crippen molar-refractivity contribution in [2.75, 3.05) is 32.8 Å². The van der Waals surface area contributed by atoms with E-state index in [0.29, 0.717) is 0 Å². The summed E-state index contributed by atoms with van der Waals surface area (Å²) in [5.74, 6) is 0. The summed E-state index contributed by atoms with van der Waals surface area (Å²) in [5, 5.41) is 0. The fraction of sp³-hybridized carbons (Fsp3) is 0.600. The maximum atomic E-state index is 6.75. The Balaban J connectivity index is 1.85. The molecule has 3 nitrogen and oxygen atoms in total. The quantitative estimate of drug-likeness (QED) is 0.853. The molecule has 0 saturated carbocycles. The molecular formula is C15H20BrN3. The Morgan fingerprint density at radius 3 is 2.53 bits per heavy atom. The van der Waals surface area contributed by atoms with Gasteiger partial charge in [-0.15, -0.1) is 0 Å². The van der Waals surface area contributed by atoms with E-state index >= 15 is 0 Å². The fourth-order valence-corrected chi connectivity index (χ4v) is 5.13. The highest BCUT2D eigenvalue weighted by Crippen LogP contribution is 2.49. The van der Waals surface area contributed by atoms with Crippen molar-refractivity contribution in [2.24, 2.45) is 11.1 Å². The van der Waals surface area contributed by atoms with Gasteiger partial charge in [-0.05, 0) is 17.7 Å². The monoisotopic (exact) mass is 321 g/mol. The van der Waals surface area contributed by atoms with E-state index in [4.69, 9.17) is 5.73 Å². The highest BCUT2D eigenvalue weighted by atomic mass is 79.9. The van der Waals surface area contributed by atoms with Crippen molar-refractivity contribution in [3.63, 3.8) is 0 Å². The van der Waals surface area contributed by atoms with Crippen LogP contribution in [0.5, 0.6) is 0 Å². The van der Waals surface area contributed by atoms with Gasteiger partial charge in [0.05, 0.1) is 6.67 Å². The lowest BCUT2D eigenvalue weighted by Crippen LogP contribution is -2.80. The smallest absolute Gasteiger partial charge is 0.0507 e. The highest BCUT2D eigenvalue weighted by molar-refractivity contribution is 9.10. The Hall–Kier alpha value is -0.420. The summed E-state index contributed by atoms with van der Waals surface area (Å²) in [6, 6.07) is 9.00. The Labute approximate surface area is 122 Å². The summed E-state index contributed by atoms with van der Waals surface area (Å²) in [5.41, 5.74) is 8.49. The number of nitrogens with two attached hydrogens (primary N) is 1. The summed E-state index contributed by atoms with van der Waals surface area (Å²) in [6.45, 7) is 8.01. The van der Waals surface area contributed by atoms with Crippen LogP contribution in [0.4, 0.5) is 0 Å². The van der Waals surface area contributed by atoms with Gasteiger partial charge in [0.1, 0.15) is 0 Å². The summed E-state index contributed by atoms with van der Waals surface area (Å²) in [6.07, 6.45) is 0. The molecular weight excluding hydrogens is 302 g/mol. The van der Waals surface area contributed by atoms with E-state index in [1.54, 1.807) is 0 Å².